The van der Waals surface area contributed by atoms with E-state index in [0.29, 0.717) is 11.3 Å². The first-order chi connectivity index (χ1) is 9.65. The second kappa shape index (κ2) is 5.15. The number of sulfonamides is 1. The standard InChI is InChI=1S/C10H5F5N2O2S2/c11-5-6(12)8(14)10(9(15)7(5)13)17-21(18,19)4-1-3(16)2-20-4/h1-2,17H,16H2. The monoisotopic (exact) mass is 344 g/mol. The van der Waals surface area contributed by atoms with Crippen LogP contribution in [-0.2, 0) is 10.0 Å². The van der Waals surface area contributed by atoms with E-state index in [1.165, 1.54) is 10.1 Å². The molecule has 1 aromatic carbocycles. The molecule has 0 atom stereocenters. The Hall–Kier alpha value is -1.88. The molecule has 0 aliphatic rings. The zero-order chi connectivity index (χ0) is 15.9. The topological polar surface area (TPSA) is 72.2 Å². The van der Waals surface area contributed by atoms with E-state index in [2.05, 4.69) is 0 Å². The number of hydrogen-bond acceptors (Lipinski definition) is 4. The zero-order valence-electron chi connectivity index (χ0n) is 9.75. The molecule has 1 heterocycles. The van der Waals surface area contributed by atoms with Gasteiger partial charge in [0.05, 0.1) is 0 Å². The van der Waals surface area contributed by atoms with Crippen molar-refractivity contribution in [2.45, 2.75) is 4.21 Å². The Morgan fingerprint density at radius 3 is 1.86 bits per heavy atom. The molecule has 0 saturated carbocycles. The van der Waals surface area contributed by atoms with E-state index >= 15 is 0 Å². The van der Waals surface area contributed by atoms with Crippen molar-refractivity contribution < 1.29 is 30.4 Å². The van der Waals surface area contributed by atoms with Crippen LogP contribution in [-0.4, -0.2) is 8.42 Å². The maximum atomic E-state index is 13.4. The van der Waals surface area contributed by atoms with Crippen LogP contribution in [0.25, 0.3) is 0 Å². The lowest BCUT2D eigenvalue weighted by molar-refractivity contribution is 0.382. The van der Waals surface area contributed by atoms with Gasteiger partial charge < -0.3 is 5.73 Å². The van der Waals surface area contributed by atoms with Crippen LogP contribution in [0.2, 0.25) is 0 Å². The summed E-state index contributed by atoms with van der Waals surface area (Å²) in [7, 11) is -4.53. The van der Waals surface area contributed by atoms with Gasteiger partial charge in [0.2, 0.25) is 5.82 Å². The molecule has 0 unspecified atom stereocenters. The van der Waals surface area contributed by atoms with E-state index in [0.717, 1.165) is 6.07 Å². The largest absolute Gasteiger partial charge is 0.398 e. The first-order valence-corrected chi connectivity index (χ1v) is 7.39. The number of hydrogen-bond donors (Lipinski definition) is 2. The van der Waals surface area contributed by atoms with Crippen LogP contribution in [0.15, 0.2) is 15.7 Å². The lowest BCUT2D eigenvalue weighted by Crippen LogP contribution is -2.16. The van der Waals surface area contributed by atoms with Gasteiger partial charge in [-0.15, -0.1) is 11.3 Å². The van der Waals surface area contributed by atoms with Crippen molar-refractivity contribution in [2.75, 3.05) is 10.5 Å². The molecule has 0 radical (unpaired) electrons. The average molecular weight is 344 g/mol. The second-order valence-corrected chi connectivity index (χ2v) is 6.57. The van der Waals surface area contributed by atoms with Crippen molar-refractivity contribution in [3.63, 3.8) is 0 Å². The zero-order valence-corrected chi connectivity index (χ0v) is 11.4. The molecule has 0 fully saturated rings. The Bertz CT molecular complexity index is 790. The van der Waals surface area contributed by atoms with E-state index in [9.17, 15) is 30.4 Å². The summed E-state index contributed by atoms with van der Waals surface area (Å²) in [6.07, 6.45) is 0. The molecule has 0 spiro atoms. The molecule has 0 aliphatic carbocycles. The highest BCUT2D eigenvalue weighted by Gasteiger charge is 2.29. The molecule has 2 aromatic rings. The Balaban J connectivity index is 2.55. The summed E-state index contributed by atoms with van der Waals surface area (Å²) < 4.78 is 90.0. The number of thiophene rings is 1. The Morgan fingerprint density at radius 1 is 0.952 bits per heavy atom. The lowest BCUT2D eigenvalue weighted by Gasteiger charge is -2.10. The number of benzene rings is 1. The quantitative estimate of drug-likeness (QED) is 0.511. The Labute approximate surface area is 119 Å². The minimum absolute atomic E-state index is 0.0674. The molecule has 11 heteroatoms. The fraction of sp³-hybridized carbons (Fsp3) is 0. The molecule has 0 bridgehead atoms. The number of nitrogens with one attached hydrogen (secondary N) is 1. The molecule has 0 saturated heterocycles. The summed E-state index contributed by atoms with van der Waals surface area (Å²) in [6.45, 7) is 0. The van der Waals surface area contributed by atoms with Crippen molar-refractivity contribution in [3.05, 3.63) is 40.5 Å². The van der Waals surface area contributed by atoms with Gasteiger partial charge in [0.25, 0.3) is 10.0 Å². The van der Waals surface area contributed by atoms with E-state index in [1.807, 2.05) is 0 Å². The van der Waals surface area contributed by atoms with Crippen LogP contribution in [0.1, 0.15) is 0 Å². The number of rotatable bonds is 3. The summed E-state index contributed by atoms with van der Waals surface area (Å²) in [5, 5.41) is 1.23. The van der Waals surface area contributed by atoms with Crippen molar-refractivity contribution in [1.29, 1.82) is 0 Å². The van der Waals surface area contributed by atoms with E-state index in [-0.39, 0.29) is 5.69 Å². The maximum absolute atomic E-state index is 13.4. The molecular formula is C10H5F5N2O2S2. The summed E-state index contributed by atoms with van der Waals surface area (Å²) in [4.78, 5) is 0. The van der Waals surface area contributed by atoms with Crippen LogP contribution in [0.3, 0.4) is 0 Å². The van der Waals surface area contributed by atoms with Gasteiger partial charge in [0.15, 0.2) is 23.3 Å². The number of halogens is 5. The van der Waals surface area contributed by atoms with Crippen molar-refractivity contribution in [1.82, 2.24) is 0 Å². The molecule has 0 aliphatic heterocycles. The van der Waals surface area contributed by atoms with E-state index < -0.39 is 49.0 Å². The van der Waals surface area contributed by atoms with Gasteiger partial charge in [0.1, 0.15) is 9.90 Å². The third kappa shape index (κ3) is 2.65. The third-order valence-electron chi connectivity index (χ3n) is 2.31. The van der Waals surface area contributed by atoms with Gasteiger partial charge in [-0.2, -0.15) is 0 Å². The molecule has 114 valence electrons. The Morgan fingerprint density at radius 2 is 1.43 bits per heavy atom. The summed E-state index contributed by atoms with van der Waals surface area (Å²) in [5.74, 6) is -11.4. The Kier molecular flexibility index (Phi) is 3.80. The van der Waals surface area contributed by atoms with Crippen LogP contribution >= 0.6 is 11.3 Å². The highest BCUT2D eigenvalue weighted by Crippen LogP contribution is 2.30. The van der Waals surface area contributed by atoms with Gasteiger partial charge in [-0.3, -0.25) is 4.72 Å². The van der Waals surface area contributed by atoms with Gasteiger partial charge >= 0.3 is 0 Å². The highest BCUT2D eigenvalue weighted by atomic mass is 32.2. The minimum atomic E-state index is -4.53. The first-order valence-electron chi connectivity index (χ1n) is 5.03. The lowest BCUT2D eigenvalue weighted by atomic mass is 10.2. The predicted molar refractivity (Wildman–Crippen MR) is 65.8 cm³/mol. The normalized spacial score (nSPS) is 11.7. The predicted octanol–water partition coefficient (Wildman–Crippen LogP) is 2.83. The van der Waals surface area contributed by atoms with Gasteiger partial charge in [-0.05, 0) is 6.07 Å². The van der Waals surface area contributed by atoms with Gasteiger partial charge in [-0.25, -0.2) is 30.4 Å². The van der Waals surface area contributed by atoms with Crippen molar-refractivity contribution >= 4 is 32.7 Å². The molecule has 2 rings (SSSR count). The molecule has 4 nitrogen and oxygen atoms in total. The van der Waals surface area contributed by atoms with Crippen molar-refractivity contribution in [3.8, 4) is 0 Å². The molecule has 21 heavy (non-hydrogen) atoms. The smallest absolute Gasteiger partial charge is 0.271 e. The average Bonchev–Trinajstić information content (AvgIpc) is 2.87. The second-order valence-electron chi connectivity index (χ2n) is 3.75. The number of nitrogens with two attached hydrogens (primary N) is 1. The van der Waals surface area contributed by atoms with E-state index in [4.69, 9.17) is 5.73 Å². The van der Waals surface area contributed by atoms with Crippen LogP contribution in [0.5, 0.6) is 0 Å². The molecular weight excluding hydrogens is 339 g/mol. The molecule has 1 aromatic heterocycles. The summed E-state index contributed by atoms with van der Waals surface area (Å²) >= 11 is 0.617. The van der Waals surface area contributed by atoms with Crippen LogP contribution in [0, 0.1) is 29.1 Å². The third-order valence-corrected chi connectivity index (χ3v) is 5.11. The summed E-state index contributed by atoms with van der Waals surface area (Å²) in [6, 6.07) is 0.971. The maximum Gasteiger partial charge on any atom is 0.271 e. The van der Waals surface area contributed by atoms with Crippen LogP contribution < -0.4 is 10.5 Å². The van der Waals surface area contributed by atoms with Crippen LogP contribution in [0.4, 0.5) is 33.3 Å². The fourth-order valence-corrected chi connectivity index (χ4v) is 3.49. The van der Waals surface area contributed by atoms with Gasteiger partial charge in [-0.1, -0.05) is 0 Å². The molecule has 0 amide bonds. The molecule has 3 N–H and O–H groups in total. The fourth-order valence-electron chi connectivity index (χ4n) is 1.35. The first kappa shape index (κ1) is 15.5. The number of anilines is 2. The number of nitrogen functional groups attached to an aromatic ring is 1. The SMILES string of the molecule is Nc1csc(S(=O)(=O)Nc2c(F)c(F)c(F)c(F)c2F)c1. The minimum Gasteiger partial charge on any atom is -0.398 e. The highest BCUT2D eigenvalue weighted by molar-refractivity contribution is 7.94. The van der Waals surface area contributed by atoms with Gasteiger partial charge in [0, 0.05) is 11.1 Å². The summed E-state index contributed by atoms with van der Waals surface area (Å²) in [5.41, 5.74) is 3.71. The van der Waals surface area contributed by atoms with E-state index in [1.54, 1.807) is 0 Å². The van der Waals surface area contributed by atoms with Crippen molar-refractivity contribution in [2.24, 2.45) is 0 Å².